The normalized spacial score (nSPS) is 23.1. The third kappa shape index (κ3) is 2.94. The maximum absolute atomic E-state index is 5.53. The molecule has 0 radical (unpaired) electrons. The summed E-state index contributed by atoms with van der Waals surface area (Å²) in [4.78, 5) is 2.26. The summed E-state index contributed by atoms with van der Waals surface area (Å²) in [6.45, 7) is 2.63. The van der Waals surface area contributed by atoms with Gasteiger partial charge in [0.15, 0.2) is 0 Å². The standard InChI is InChI=1S/C14H22N2O2/c1-15-14-10-18-9-11(14)8-16(2)12-5-4-6-13(7-12)17-3/h4-7,11,14-15H,8-10H2,1-3H3. The highest BCUT2D eigenvalue weighted by Gasteiger charge is 2.27. The highest BCUT2D eigenvalue weighted by Crippen LogP contribution is 2.22. The van der Waals surface area contributed by atoms with Gasteiger partial charge in [0.05, 0.1) is 20.3 Å². The van der Waals surface area contributed by atoms with Crippen LogP contribution < -0.4 is 15.0 Å². The molecule has 1 aromatic carbocycles. The van der Waals surface area contributed by atoms with Crippen LogP contribution in [0.25, 0.3) is 0 Å². The topological polar surface area (TPSA) is 33.7 Å². The van der Waals surface area contributed by atoms with Crippen LogP contribution >= 0.6 is 0 Å². The third-order valence-corrected chi connectivity index (χ3v) is 3.57. The number of hydrogen-bond acceptors (Lipinski definition) is 4. The van der Waals surface area contributed by atoms with Crippen molar-refractivity contribution in [2.75, 3.05) is 45.9 Å². The predicted octanol–water partition coefficient (Wildman–Crippen LogP) is 1.37. The fraction of sp³-hybridized carbons (Fsp3) is 0.571. The minimum Gasteiger partial charge on any atom is -0.497 e. The van der Waals surface area contributed by atoms with E-state index in [4.69, 9.17) is 9.47 Å². The monoisotopic (exact) mass is 250 g/mol. The van der Waals surface area contributed by atoms with E-state index in [0.717, 1.165) is 25.5 Å². The molecule has 2 unspecified atom stereocenters. The van der Waals surface area contributed by atoms with Gasteiger partial charge in [-0.05, 0) is 19.2 Å². The van der Waals surface area contributed by atoms with Crippen LogP contribution in [0.2, 0.25) is 0 Å². The van der Waals surface area contributed by atoms with Gasteiger partial charge in [-0.3, -0.25) is 0 Å². The van der Waals surface area contributed by atoms with Crippen molar-refractivity contribution in [2.45, 2.75) is 6.04 Å². The van der Waals surface area contributed by atoms with E-state index < -0.39 is 0 Å². The van der Waals surface area contributed by atoms with Crippen LogP contribution in [0.4, 0.5) is 5.69 Å². The Hall–Kier alpha value is -1.26. The van der Waals surface area contributed by atoms with Gasteiger partial charge in [-0.1, -0.05) is 6.07 Å². The van der Waals surface area contributed by atoms with E-state index in [2.05, 4.69) is 29.4 Å². The molecule has 0 bridgehead atoms. The van der Waals surface area contributed by atoms with Gasteiger partial charge in [0.25, 0.3) is 0 Å². The van der Waals surface area contributed by atoms with Crippen molar-refractivity contribution in [1.29, 1.82) is 0 Å². The Morgan fingerprint density at radius 3 is 3.00 bits per heavy atom. The van der Waals surface area contributed by atoms with Gasteiger partial charge in [0.1, 0.15) is 5.75 Å². The molecule has 2 rings (SSSR count). The first-order valence-corrected chi connectivity index (χ1v) is 6.34. The summed E-state index contributed by atoms with van der Waals surface area (Å²) < 4.78 is 10.8. The Morgan fingerprint density at radius 1 is 1.44 bits per heavy atom. The Labute approximate surface area is 109 Å². The fourth-order valence-corrected chi connectivity index (χ4v) is 2.40. The second kappa shape index (κ2) is 6.07. The van der Waals surface area contributed by atoms with Crippen LogP contribution in [0, 0.1) is 5.92 Å². The van der Waals surface area contributed by atoms with Crippen molar-refractivity contribution in [2.24, 2.45) is 5.92 Å². The van der Waals surface area contributed by atoms with E-state index in [1.54, 1.807) is 7.11 Å². The van der Waals surface area contributed by atoms with Crippen LogP contribution in [0.3, 0.4) is 0 Å². The molecule has 0 saturated carbocycles. The lowest BCUT2D eigenvalue weighted by molar-refractivity contribution is 0.183. The van der Waals surface area contributed by atoms with Crippen molar-refractivity contribution >= 4 is 5.69 Å². The van der Waals surface area contributed by atoms with Gasteiger partial charge in [-0.15, -0.1) is 0 Å². The van der Waals surface area contributed by atoms with Crippen molar-refractivity contribution in [3.8, 4) is 5.75 Å². The van der Waals surface area contributed by atoms with Gasteiger partial charge in [-0.2, -0.15) is 0 Å². The second-order valence-corrected chi connectivity index (χ2v) is 4.77. The third-order valence-electron chi connectivity index (χ3n) is 3.57. The van der Waals surface area contributed by atoms with Crippen molar-refractivity contribution in [3.63, 3.8) is 0 Å². The van der Waals surface area contributed by atoms with E-state index in [1.807, 2.05) is 19.2 Å². The van der Waals surface area contributed by atoms with Crippen LogP contribution in [-0.2, 0) is 4.74 Å². The molecule has 4 heteroatoms. The number of likely N-dealkylation sites (N-methyl/N-ethyl adjacent to an activating group) is 1. The second-order valence-electron chi connectivity index (χ2n) is 4.77. The zero-order valence-corrected chi connectivity index (χ0v) is 11.3. The Morgan fingerprint density at radius 2 is 2.28 bits per heavy atom. The largest absolute Gasteiger partial charge is 0.497 e. The smallest absolute Gasteiger partial charge is 0.120 e. The predicted molar refractivity (Wildman–Crippen MR) is 73.4 cm³/mol. The molecule has 0 aliphatic carbocycles. The number of rotatable bonds is 5. The molecule has 1 aliphatic heterocycles. The lowest BCUT2D eigenvalue weighted by Crippen LogP contribution is -2.39. The first kappa shape index (κ1) is 13.2. The molecule has 0 aromatic heterocycles. The summed E-state index contributed by atoms with van der Waals surface area (Å²) in [5.41, 5.74) is 1.18. The van der Waals surface area contributed by atoms with Crippen molar-refractivity contribution in [3.05, 3.63) is 24.3 Å². The Balaban J connectivity index is 2.00. The number of hydrogen-bond donors (Lipinski definition) is 1. The molecule has 0 amide bonds. The minimum atomic E-state index is 0.457. The van der Waals surface area contributed by atoms with E-state index >= 15 is 0 Å². The zero-order chi connectivity index (χ0) is 13.0. The minimum absolute atomic E-state index is 0.457. The maximum Gasteiger partial charge on any atom is 0.120 e. The van der Waals surface area contributed by atoms with Gasteiger partial charge < -0.3 is 19.7 Å². The van der Waals surface area contributed by atoms with E-state index in [9.17, 15) is 0 Å². The molecule has 1 fully saturated rings. The summed E-state index contributed by atoms with van der Waals surface area (Å²) in [6.07, 6.45) is 0. The number of benzene rings is 1. The highest BCUT2D eigenvalue weighted by atomic mass is 16.5. The summed E-state index contributed by atoms with van der Waals surface area (Å²) in [5, 5.41) is 3.32. The first-order chi connectivity index (χ1) is 8.74. The lowest BCUT2D eigenvalue weighted by Gasteiger charge is -2.26. The van der Waals surface area contributed by atoms with E-state index in [1.165, 1.54) is 5.69 Å². The first-order valence-electron chi connectivity index (χ1n) is 6.34. The number of anilines is 1. The van der Waals surface area contributed by atoms with Crippen molar-refractivity contribution in [1.82, 2.24) is 5.32 Å². The molecule has 100 valence electrons. The van der Waals surface area contributed by atoms with Gasteiger partial charge in [-0.25, -0.2) is 0 Å². The van der Waals surface area contributed by atoms with Crippen molar-refractivity contribution < 1.29 is 9.47 Å². The highest BCUT2D eigenvalue weighted by molar-refractivity contribution is 5.50. The van der Waals surface area contributed by atoms with E-state index in [0.29, 0.717) is 12.0 Å². The SMILES string of the molecule is CNC1COCC1CN(C)c1cccc(OC)c1. The van der Waals surface area contributed by atoms with Gasteiger partial charge in [0.2, 0.25) is 0 Å². The molecule has 0 spiro atoms. The summed E-state index contributed by atoms with van der Waals surface area (Å²) in [5.74, 6) is 1.43. The quantitative estimate of drug-likeness (QED) is 0.855. The zero-order valence-electron chi connectivity index (χ0n) is 11.3. The van der Waals surface area contributed by atoms with Gasteiger partial charge >= 0.3 is 0 Å². The fourth-order valence-electron chi connectivity index (χ4n) is 2.40. The molecule has 1 aliphatic rings. The summed E-state index contributed by atoms with van der Waals surface area (Å²) in [6, 6.07) is 8.60. The number of methoxy groups -OCH3 is 1. The molecule has 1 aromatic rings. The molecule has 18 heavy (non-hydrogen) atoms. The maximum atomic E-state index is 5.53. The number of ether oxygens (including phenoxy) is 2. The summed E-state index contributed by atoms with van der Waals surface area (Å²) in [7, 11) is 5.80. The molecule has 1 heterocycles. The Bertz CT molecular complexity index is 384. The molecular weight excluding hydrogens is 228 g/mol. The average Bonchev–Trinajstić information content (AvgIpc) is 2.86. The summed E-state index contributed by atoms with van der Waals surface area (Å²) >= 11 is 0. The van der Waals surface area contributed by atoms with Gasteiger partial charge in [0, 0.05) is 37.3 Å². The molecule has 1 saturated heterocycles. The Kier molecular flexibility index (Phi) is 4.44. The molecule has 4 nitrogen and oxygen atoms in total. The van der Waals surface area contributed by atoms with Crippen LogP contribution in [0.1, 0.15) is 0 Å². The molecular formula is C14H22N2O2. The van der Waals surface area contributed by atoms with E-state index in [-0.39, 0.29) is 0 Å². The van der Waals surface area contributed by atoms with Crippen LogP contribution in [0.15, 0.2) is 24.3 Å². The molecule has 2 atom stereocenters. The van der Waals surface area contributed by atoms with Crippen LogP contribution in [0.5, 0.6) is 5.75 Å². The lowest BCUT2D eigenvalue weighted by atomic mass is 10.0. The number of nitrogens with one attached hydrogen (secondary N) is 1. The molecule has 1 N–H and O–H groups in total. The van der Waals surface area contributed by atoms with Crippen LogP contribution in [-0.4, -0.2) is 47.0 Å². The average molecular weight is 250 g/mol. The number of nitrogens with zero attached hydrogens (tertiary/aromatic N) is 1.